The van der Waals surface area contributed by atoms with Crippen LogP contribution in [0.5, 0.6) is 0 Å². The number of rotatable bonds is 6. The van der Waals surface area contributed by atoms with Crippen LogP contribution in [0.2, 0.25) is 0 Å². The molecule has 1 aromatic carbocycles. The number of benzene rings is 1. The first-order valence-corrected chi connectivity index (χ1v) is 8.54. The van der Waals surface area contributed by atoms with Crippen LogP contribution in [-0.4, -0.2) is 33.9 Å². The second-order valence-electron chi connectivity index (χ2n) is 5.92. The number of hydrogen-bond acceptors (Lipinski definition) is 7. The SMILES string of the molecule is COC(=O)c1ccc(Nc2nc(C)cc(C(=O)NCc3ccccn3)n2)cc1. The molecule has 0 bridgehead atoms. The molecule has 0 spiro atoms. The number of aromatic nitrogens is 3. The summed E-state index contributed by atoms with van der Waals surface area (Å²) in [6.07, 6.45) is 1.67. The van der Waals surface area contributed by atoms with Crippen LogP contribution < -0.4 is 10.6 Å². The van der Waals surface area contributed by atoms with Gasteiger partial charge in [-0.3, -0.25) is 9.78 Å². The van der Waals surface area contributed by atoms with Crippen molar-refractivity contribution in [3.05, 3.63) is 77.4 Å². The second-order valence-corrected chi connectivity index (χ2v) is 5.92. The number of esters is 1. The summed E-state index contributed by atoms with van der Waals surface area (Å²) in [7, 11) is 1.33. The summed E-state index contributed by atoms with van der Waals surface area (Å²) in [5.74, 6) is -0.445. The molecule has 0 saturated heterocycles. The maximum atomic E-state index is 12.4. The molecule has 0 aliphatic carbocycles. The topological polar surface area (TPSA) is 106 Å². The van der Waals surface area contributed by atoms with Crippen LogP contribution in [0.15, 0.2) is 54.7 Å². The summed E-state index contributed by atoms with van der Waals surface area (Å²) in [6, 6.07) is 13.8. The van der Waals surface area contributed by atoms with Crippen molar-refractivity contribution in [2.75, 3.05) is 12.4 Å². The van der Waals surface area contributed by atoms with E-state index in [1.165, 1.54) is 7.11 Å². The van der Waals surface area contributed by atoms with E-state index in [4.69, 9.17) is 0 Å². The average molecular weight is 377 g/mol. The first kappa shape index (κ1) is 19.0. The van der Waals surface area contributed by atoms with Crippen molar-refractivity contribution in [3.63, 3.8) is 0 Å². The monoisotopic (exact) mass is 377 g/mol. The van der Waals surface area contributed by atoms with E-state index in [0.29, 0.717) is 23.5 Å². The molecule has 2 N–H and O–H groups in total. The lowest BCUT2D eigenvalue weighted by atomic mass is 10.2. The molecular weight excluding hydrogens is 358 g/mol. The smallest absolute Gasteiger partial charge is 0.337 e. The van der Waals surface area contributed by atoms with Crippen molar-refractivity contribution in [1.82, 2.24) is 20.3 Å². The zero-order chi connectivity index (χ0) is 19.9. The van der Waals surface area contributed by atoms with Gasteiger partial charge in [0.15, 0.2) is 0 Å². The van der Waals surface area contributed by atoms with Crippen molar-refractivity contribution in [2.45, 2.75) is 13.5 Å². The number of nitrogens with zero attached hydrogens (tertiary/aromatic N) is 3. The maximum absolute atomic E-state index is 12.4. The fourth-order valence-corrected chi connectivity index (χ4v) is 2.44. The average Bonchev–Trinajstić information content (AvgIpc) is 2.72. The summed E-state index contributed by atoms with van der Waals surface area (Å²) in [4.78, 5) is 36.6. The number of nitrogens with one attached hydrogen (secondary N) is 2. The Balaban J connectivity index is 1.70. The van der Waals surface area contributed by atoms with Gasteiger partial charge in [0.25, 0.3) is 5.91 Å². The highest BCUT2D eigenvalue weighted by molar-refractivity contribution is 5.92. The first-order chi connectivity index (χ1) is 13.5. The molecule has 0 radical (unpaired) electrons. The third-order valence-corrected chi connectivity index (χ3v) is 3.81. The molecule has 2 aromatic heterocycles. The Labute approximate surface area is 162 Å². The van der Waals surface area contributed by atoms with Crippen LogP contribution in [0.1, 0.15) is 32.2 Å². The van der Waals surface area contributed by atoms with Gasteiger partial charge in [0.05, 0.1) is 24.9 Å². The first-order valence-electron chi connectivity index (χ1n) is 8.54. The van der Waals surface area contributed by atoms with E-state index in [1.807, 2.05) is 18.2 Å². The predicted octanol–water partition coefficient (Wildman–Crippen LogP) is 2.64. The van der Waals surface area contributed by atoms with Gasteiger partial charge in [-0.1, -0.05) is 6.07 Å². The molecule has 0 unspecified atom stereocenters. The fraction of sp³-hybridized carbons (Fsp3) is 0.150. The molecule has 1 amide bonds. The van der Waals surface area contributed by atoms with Crippen LogP contribution in [0, 0.1) is 6.92 Å². The molecular formula is C20H19N5O3. The largest absolute Gasteiger partial charge is 0.465 e. The molecule has 0 aliphatic rings. The molecule has 0 saturated carbocycles. The Bertz CT molecular complexity index is 975. The quantitative estimate of drug-likeness (QED) is 0.636. The van der Waals surface area contributed by atoms with E-state index >= 15 is 0 Å². The lowest BCUT2D eigenvalue weighted by Crippen LogP contribution is -2.24. The van der Waals surface area contributed by atoms with Gasteiger partial charge in [-0.2, -0.15) is 0 Å². The highest BCUT2D eigenvalue weighted by Crippen LogP contribution is 2.15. The zero-order valence-electron chi connectivity index (χ0n) is 15.5. The maximum Gasteiger partial charge on any atom is 0.337 e. The van der Waals surface area contributed by atoms with Crippen LogP contribution >= 0.6 is 0 Å². The van der Waals surface area contributed by atoms with Crippen LogP contribution in [0.4, 0.5) is 11.6 Å². The second kappa shape index (κ2) is 8.72. The number of carbonyl (C=O) groups excluding carboxylic acids is 2. The molecule has 2 heterocycles. The van der Waals surface area contributed by atoms with Gasteiger partial charge in [0.1, 0.15) is 5.69 Å². The molecule has 3 rings (SSSR count). The number of anilines is 2. The number of amides is 1. The standard InChI is InChI=1S/C20H19N5O3/c1-13-11-17(18(26)22-12-16-5-3-4-10-21-16)25-20(23-13)24-15-8-6-14(7-9-15)19(27)28-2/h3-11H,12H2,1-2H3,(H,22,26)(H,23,24,25). The van der Waals surface area contributed by atoms with Gasteiger partial charge >= 0.3 is 5.97 Å². The number of carbonyl (C=O) groups is 2. The number of ether oxygens (including phenoxy) is 1. The summed E-state index contributed by atoms with van der Waals surface area (Å²) in [5.41, 5.74) is 2.76. The van der Waals surface area contributed by atoms with Gasteiger partial charge < -0.3 is 15.4 Å². The minimum Gasteiger partial charge on any atom is -0.465 e. The Morgan fingerprint density at radius 2 is 1.86 bits per heavy atom. The molecule has 142 valence electrons. The normalized spacial score (nSPS) is 10.2. The van der Waals surface area contributed by atoms with Crippen molar-refractivity contribution < 1.29 is 14.3 Å². The van der Waals surface area contributed by atoms with Crippen LogP contribution in [0.3, 0.4) is 0 Å². The Morgan fingerprint density at radius 3 is 2.54 bits per heavy atom. The highest BCUT2D eigenvalue weighted by atomic mass is 16.5. The summed E-state index contributed by atoms with van der Waals surface area (Å²) < 4.78 is 4.67. The third-order valence-electron chi connectivity index (χ3n) is 3.81. The predicted molar refractivity (Wildman–Crippen MR) is 103 cm³/mol. The molecule has 8 heteroatoms. The highest BCUT2D eigenvalue weighted by Gasteiger charge is 2.11. The molecule has 0 aliphatic heterocycles. The Morgan fingerprint density at radius 1 is 1.07 bits per heavy atom. The number of pyridine rings is 1. The fourth-order valence-electron chi connectivity index (χ4n) is 2.44. The van der Waals surface area contributed by atoms with Gasteiger partial charge in [-0.05, 0) is 49.4 Å². The van der Waals surface area contributed by atoms with Gasteiger partial charge in [0, 0.05) is 17.6 Å². The molecule has 8 nitrogen and oxygen atoms in total. The summed E-state index contributed by atoms with van der Waals surface area (Å²) in [6.45, 7) is 2.09. The minimum absolute atomic E-state index is 0.247. The van der Waals surface area contributed by atoms with E-state index in [2.05, 4.69) is 30.3 Å². The lowest BCUT2D eigenvalue weighted by molar-refractivity contribution is 0.0600. The van der Waals surface area contributed by atoms with E-state index in [1.54, 1.807) is 43.5 Å². The summed E-state index contributed by atoms with van der Waals surface area (Å²) in [5, 5.41) is 5.82. The molecule has 3 aromatic rings. The van der Waals surface area contributed by atoms with E-state index in [0.717, 1.165) is 5.69 Å². The van der Waals surface area contributed by atoms with Gasteiger partial charge in [-0.25, -0.2) is 14.8 Å². The van der Waals surface area contributed by atoms with Gasteiger partial charge in [0.2, 0.25) is 5.95 Å². The summed E-state index contributed by atoms with van der Waals surface area (Å²) >= 11 is 0. The van der Waals surface area contributed by atoms with Crippen LogP contribution in [0.25, 0.3) is 0 Å². The Hall–Kier alpha value is -3.81. The van der Waals surface area contributed by atoms with E-state index in [-0.39, 0.29) is 17.5 Å². The van der Waals surface area contributed by atoms with Crippen molar-refractivity contribution in [3.8, 4) is 0 Å². The van der Waals surface area contributed by atoms with Crippen molar-refractivity contribution in [2.24, 2.45) is 0 Å². The Kier molecular flexibility index (Phi) is 5.91. The number of hydrogen-bond donors (Lipinski definition) is 2. The number of methoxy groups -OCH3 is 1. The molecule has 28 heavy (non-hydrogen) atoms. The van der Waals surface area contributed by atoms with Crippen molar-refractivity contribution in [1.29, 1.82) is 0 Å². The lowest BCUT2D eigenvalue weighted by Gasteiger charge is -2.09. The van der Waals surface area contributed by atoms with E-state index < -0.39 is 5.97 Å². The van der Waals surface area contributed by atoms with Crippen molar-refractivity contribution >= 4 is 23.5 Å². The molecule has 0 atom stereocenters. The molecule has 0 fully saturated rings. The minimum atomic E-state index is -0.412. The van der Waals surface area contributed by atoms with E-state index in [9.17, 15) is 9.59 Å². The third kappa shape index (κ3) is 4.88. The van der Waals surface area contributed by atoms with Gasteiger partial charge in [-0.15, -0.1) is 0 Å². The number of aryl methyl sites for hydroxylation is 1. The zero-order valence-corrected chi connectivity index (χ0v) is 15.5. The van der Waals surface area contributed by atoms with Crippen LogP contribution in [-0.2, 0) is 11.3 Å².